The van der Waals surface area contributed by atoms with Gasteiger partial charge >= 0.3 is 0 Å². The number of methoxy groups -OCH3 is 1. The van der Waals surface area contributed by atoms with E-state index in [2.05, 4.69) is 47.2 Å². The predicted octanol–water partition coefficient (Wildman–Crippen LogP) is 3.52. The van der Waals surface area contributed by atoms with E-state index in [0.717, 1.165) is 12.3 Å². The summed E-state index contributed by atoms with van der Waals surface area (Å²) in [5.41, 5.74) is 3.66. The molecule has 0 saturated carbocycles. The Morgan fingerprint density at radius 3 is 2.75 bits per heavy atom. The lowest BCUT2D eigenvalue weighted by Crippen LogP contribution is -2.01. The second-order valence-electron chi connectivity index (χ2n) is 6.30. The molecular weight excluding hydrogens is 302 g/mol. The molecule has 0 aliphatic carbocycles. The van der Waals surface area contributed by atoms with E-state index in [9.17, 15) is 5.11 Å². The van der Waals surface area contributed by atoms with Gasteiger partial charge in [0.1, 0.15) is 5.75 Å². The van der Waals surface area contributed by atoms with Crippen LogP contribution in [-0.2, 0) is 11.3 Å². The molecule has 4 rings (SSSR count). The van der Waals surface area contributed by atoms with Gasteiger partial charge in [-0.2, -0.15) is 0 Å². The summed E-state index contributed by atoms with van der Waals surface area (Å²) in [6, 6.07) is 16.6. The Balaban J connectivity index is 1.79. The Kier molecular flexibility index (Phi) is 4.00. The fourth-order valence-corrected chi connectivity index (χ4v) is 3.49. The maximum Gasteiger partial charge on any atom is 0.155 e. The first kappa shape index (κ1) is 15.2. The maximum absolute atomic E-state index is 9.72. The molecule has 0 bridgehead atoms. The Labute approximate surface area is 141 Å². The van der Waals surface area contributed by atoms with Gasteiger partial charge in [-0.1, -0.05) is 30.3 Å². The number of fused-ring (bicyclic) bond motifs is 1. The zero-order valence-corrected chi connectivity index (χ0v) is 13.7. The van der Waals surface area contributed by atoms with Crippen molar-refractivity contribution in [1.82, 2.24) is 4.57 Å². The molecule has 24 heavy (non-hydrogen) atoms. The summed E-state index contributed by atoms with van der Waals surface area (Å²) in [4.78, 5) is 0. The van der Waals surface area contributed by atoms with Gasteiger partial charge in [0.15, 0.2) is 6.29 Å². The van der Waals surface area contributed by atoms with Crippen LogP contribution in [-0.4, -0.2) is 29.7 Å². The maximum atomic E-state index is 9.72. The normalized spacial score (nSPS) is 20.6. The van der Waals surface area contributed by atoms with E-state index in [1.165, 1.54) is 22.0 Å². The van der Waals surface area contributed by atoms with Crippen LogP contribution in [0.3, 0.4) is 0 Å². The molecule has 1 aliphatic heterocycles. The van der Waals surface area contributed by atoms with Crippen LogP contribution >= 0.6 is 0 Å². The standard InChI is InChI=1S/C20H21NO3/c1-23-16-7-8-19-17(10-16)18(15-9-20(22)24-13-15)12-21(19)11-14-5-3-2-4-6-14/h2-8,10,12,15,20,22H,9,11,13H2,1H3. The van der Waals surface area contributed by atoms with E-state index in [4.69, 9.17) is 9.47 Å². The van der Waals surface area contributed by atoms with E-state index in [1.807, 2.05) is 12.1 Å². The first-order valence-corrected chi connectivity index (χ1v) is 8.25. The lowest BCUT2D eigenvalue weighted by molar-refractivity contribution is -0.0589. The highest BCUT2D eigenvalue weighted by atomic mass is 16.6. The van der Waals surface area contributed by atoms with Gasteiger partial charge in [0, 0.05) is 36.0 Å². The zero-order valence-electron chi connectivity index (χ0n) is 13.7. The Bertz CT molecular complexity index is 841. The summed E-state index contributed by atoms with van der Waals surface area (Å²) in [7, 11) is 1.68. The summed E-state index contributed by atoms with van der Waals surface area (Å²) in [6.45, 7) is 1.38. The van der Waals surface area contributed by atoms with Crippen molar-refractivity contribution in [3.05, 3.63) is 65.9 Å². The van der Waals surface area contributed by atoms with Crippen LogP contribution in [0.25, 0.3) is 10.9 Å². The average Bonchev–Trinajstić information content (AvgIpc) is 3.19. The quantitative estimate of drug-likeness (QED) is 0.799. The molecule has 0 amide bonds. The third-order valence-corrected chi connectivity index (χ3v) is 4.73. The molecule has 1 fully saturated rings. The zero-order chi connectivity index (χ0) is 16.5. The van der Waals surface area contributed by atoms with Crippen molar-refractivity contribution in [3.63, 3.8) is 0 Å². The van der Waals surface area contributed by atoms with Crippen LogP contribution in [0.5, 0.6) is 5.75 Å². The topological polar surface area (TPSA) is 43.6 Å². The number of hydrogen-bond donors (Lipinski definition) is 1. The van der Waals surface area contributed by atoms with Gasteiger partial charge in [0.05, 0.1) is 13.7 Å². The number of rotatable bonds is 4. The minimum Gasteiger partial charge on any atom is -0.497 e. The summed E-state index contributed by atoms with van der Waals surface area (Å²) in [6.07, 6.45) is 2.18. The molecule has 124 valence electrons. The number of ether oxygens (including phenoxy) is 2. The van der Waals surface area contributed by atoms with Crippen LogP contribution in [0.4, 0.5) is 0 Å². The van der Waals surface area contributed by atoms with Crippen molar-refractivity contribution in [2.45, 2.75) is 25.2 Å². The molecule has 1 saturated heterocycles. The highest BCUT2D eigenvalue weighted by molar-refractivity contribution is 5.86. The summed E-state index contributed by atoms with van der Waals surface area (Å²) >= 11 is 0. The Hall–Kier alpha value is -2.30. The smallest absolute Gasteiger partial charge is 0.155 e. The van der Waals surface area contributed by atoms with Gasteiger partial charge in [-0.15, -0.1) is 0 Å². The summed E-state index contributed by atoms with van der Waals surface area (Å²) in [5.74, 6) is 1.06. The van der Waals surface area contributed by atoms with Gasteiger partial charge in [-0.05, 0) is 29.3 Å². The summed E-state index contributed by atoms with van der Waals surface area (Å²) < 4.78 is 13.0. The van der Waals surface area contributed by atoms with Crippen LogP contribution in [0, 0.1) is 0 Å². The van der Waals surface area contributed by atoms with Gasteiger partial charge in [-0.3, -0.25) is 0 Å². The van der Waals surface area contributed by atoms with Crippen molar-refractivity contribution in [2.75, 3.05) is 13.7 Å². The van der Waals surface area contributed by atoms with E-state index in [1.54, 1.807) is 7.11 Å². The van der Waals surface area contributed by atoms with Crippen LogP contribution in [0.1, 0.15) is 23.5 Å². The molecule has 0 radical (unpaired) electrons. The monoisotopic (exact) mass is 323 g/mol. The number of benzene rings is 2. The molecule has 0 spiro atoms. The van der Waals surface area contributed by atoms with Crippen molar-refractivity contribution in [2.24, 2.45) is 0 Å². The molecular formula is C20H21NO3. The fraction of sp³-hybridized carbons (Fsp3) is 0.300. The van der Waals surface area contributed by atoms with Crippen molar-refractivity contribution >= 4 is 10.9 Å². The molecule has 2 heterocycles. The van der Waals surface area contributed by atoms with E-state index in [-0.39, 0.29) is 5.92 Å². The Morgan fingerprint density at radius 1 is 1.21 bits per heavy atom. The van der Waals surface area contributed by atoms with Crippen LogP contribution in [0.15, 0.2) is 54.7 Å². The average molecular weight is 323 g/mol. The fourth-order valence-electron chi connectivity index (χ4n) is 3.49. The second kappa shape index (κ2) is 6.30. The van der Waals surface area contributed by atoms with Crippen molar-refractivity contribution in [3.8, 4) is 5.75 Å². The van der Waals surface area contributed by atoms with Crippen LogP contribution in [0.2, 0.25) is 0 Å². The van der Waals surface area contributed by atoms with Gasteiger partial charge in [0.2, 0.25) is 0 Å². The summed E-state index contributed by atoms with van der Waals surface area (Å²) in [5, 5.41) is 10.9. The molecule has 4 heteroatoms. The highest BCUT2D eigenvalue weighted by Crippen LogP contribution is 2.36. The van der Waals surface area contributed by atoms with Gasteiger partial charge in [0.25, 0.3) is 0 Å². The lowest BCUT2D eigenvalue weighted by Gasteiger charge is -2.06. The molecule has 1 aromatic heterocycles. The third-order valence-electron chi connectivity index (χ3n) is 4.73. The van der Waals surface area contributed by atoms with Crippen molar-refractivity contribution in [1.29, 1.82) is 0 Å². The molecule has 4 nitrogen and oxygen atoms in total. The Morgan fingerprint density at radius 2 is 2.04 bits per heavy atom. The molecule has 3 aromatic rings. The second-order valence-corrected chi connectivity index (χ2v) is 6.30. The SMILES string of the molecule is COc1ccc2c(c1)c(C1COC(O)C1)cn2Cc1ccccc1. The minimum absolute atomic E-state index is 0.214. The van der Waals surface area contributed by atoms with Gasteiger partial charge < -0.3 is 19.1 Å². The van der Waals surface area contributed by atoms with E-state index < -0.39 is 6.29 Å². The number of aliphatic hydroxyl groups excluding tert-OH is 1. The van der Waals surface area contributed by atoms with Crippen LogP contribution < -0.4 is 4.74 Å². The molecule has 1 aliphatic rings. The molecule has 1 N–H and O–H groups in total. The molecule has 2 aromatic carbocycles. The largest absolute Gasteiger partial charge is 0.497 e. The predicted molar refractivity (Wildman–Crippen MR) is 93.4 cm³/mol. The first-order chi connectivity index (χ1) is 11.7. The lowest BCUT2D eigenvalue weighted by atomic mass is 9.97. The van der Waals surface area contributed by atoms with Crippen molar-refractivity contribution < 1.29 is 14.6 Å². The number of aromatic nitrogens is 1. The number of nitrogens with zero attached hydrogens (tertiary/aromatic N) is 1. The third kappa shape index (κ3) is 2.79. The minimum atomic E-state index is -0.659. The molecule has 2 atom stereocenters. The van der Waals surface area contributed by atoms with Gasteiger partial charge in [-0.25, -0.2) is 0 Å². The highest BCUT2D eigenvalue weighted by Gasteiger charge is 2.28. The van der Waals surface area contributed by atoms with E-state index >= 15 is 0 Å². The number of aliphatic hydroxyl groups is 1. The first-order valence-electron chi connectivity index (χ1n) is 8.25. The van der Waals surface area contributed by atoms with E-state index in [0.29, 0.717) is 13.0 Å². The number of hydrogen-bond acceptors (Lipinski definition) is 3. The molecule has 2 unspecified atom stereocenters.